The molecule has 0 bridgehead atoms. The summed E-state index contributed by atoms with van der Waals surface area (Å²) in [6, 6.07) is 4.90. The molecule has 0 fully saturated rings. The van der Waals surface area contributed by atoms with Crippen molar-refractivity contribution in [2.45, 2.75) is 25.6 Å². The predicted molar refractivity (Wildman–Crippen MR) is 77.1 cm³/mol. The van der Waals surface area contributed by atoms with E-state index in [1.165, 1.54) is 0 Å². The van der Waals surface area contributed by atoms with Crippen LogP contribution in [0.2, 0.25) is 10.0 Å². The summed E-state index contributed by atoms with van der Waals surface area (Å²) in [5, 5.41) is 23.1. The SMILES string of the molecule is CC(C)(O)CNCC(O)COc1ccc(Cl)cc1Cl. The number of aliphatic hydroxyl groups excluding tert-OH is 1. The van der Waals surface area contributed by atoms with Crippen LogP contribution in [0.4, 0.5) is 0 Å². The van der Waals surface area contributed by atoms with Crippen molar-refractivity contribution in [3.05, 3.63) is 28.2 Å². The Kier molecular flexibility index (Phi) is 6.36. The van der Waals surface area contributed by atoms with Crippen LogP contribution in [0.3, 0.4) is 0 Å². The maximum absolute atomic E-state index is 9.71. The largest absolute Gasteiger partial charge is 0.489 e. The second kappa shape index (κ2) is 7.31. The van der Waals surface area contributed by atoms with Gasteiger partial charge >= 0.3 is 0 Å². The monoisotopic (exact) mass is 307 g/mol. The molecule has 1 unspecified atom stereocenters. The van der Waals surface area contributed by atoms with Gasteiger partial charge in [0.25, 0.3) is 0 Å². The second-order valence-electron chi connectivity index (χ2n) is 4.98. The highest BCUT2D eigenvalue weighted by molar-refractivity contribution is 6.35. The van der Waals surface area contributed by atoms with Crippen molar-refractivity contribution >= 4 is 23.2 Å². The van der Waals surface area contributed by atoms with Crippen LogP contribution in [0.5, 0.6) is 5.75 Å². The van der Waals surface area contributed by atoms with Crippen molar-refractivity contribution in [3.8, 4) is 5.75 Å². The molecule has 3 N–H and O–H groups in total. The van der Waals surface area contributed by atoms with Gasteiger partial charge in [-0.1, -0.05) is 23.2 Å². The van der Waals surface area contributed by atoms with E-state index in [1.54, 1.807) is 32.0 Å². The van der Waals surface area contributed by atoms with Gasteiger partial charge in [0, 0.05) is 18.1 Å². The molecule has 0 amide bonds. The van der Waals surface area contributed by atoms with Gasteiger partial charge < -0.3 is 20.3 Å². The van der Waals surface area contributed by atoms with E-state index in [-0.39, 0.29) is 6.61 Å². The van der Waals surface area contributed by atoms with Gasteiger partial charge in [0.05, 0.1) is 10.6 Å². The van der Waals surface area contributed by atoms with Crippen molar-refractivity contribution in [2.24, 2.45) is 0 Å². The number of hydrogen-bond acceptors (Lipinski definition) is 4. The summed E-state index contributed by atoms with van der Waals surface area (Å²) < 4.78 is 5.39. The van der Waals surface area contributed by atoms with E-state index in [9.17, 15) is 10.2 Å². The first-order chi connectivity index (χ1) is 8.78. The third kappa shape index (κ3) is 6.99. The summed E-state index contributed by atoms with van der Waals surface area (Å²) in [6.45, 7) is 4.22. The van der Waals surface area contributed by atoms with Crippen molar-refractivity contribution < 1.29 is 14.9 Å². The Hall–Kier alpha value is -0.520. The van der Waals surface area contributed by atoms with Crippen LogP contribution in [-0.4, -0.2) is 41.6 Å². The Morgan fingerprint density at radius 3 is 2.63 bits per heavy atom. The molecule has 0 radical (unpaired) electrons. The molecule has 19 heavy (non-hydrogen) atoms. The van der Waals surface area contributed by atoms with Crippen molar-refractivity contribution in [1.29, 1.82) is 0 Å². The molecule has 0 aliphatic rings. The molecule has 0 aliphatic carbocycles. The molecule has 0 saturated heterocycles. The van der Waals surface area contributed by atoms with E-state index < -0.39 is 11.7 Å². The topological polar surface area (TPSA) is 61.7 Å². The fraction of sp³-hybridized carbons (Fsp3) is 0.538. The molecule has 1 aromatic carbocycles. The lowest BCUT2D eigenvalue weighted by Crippen LogP contribution is -2.40. The average molecular weight is 308 g/mol. The molecule has 108 valence electrons. The Labute approximate surface area is 123 Å². The van der Waals surface area contributed by atoms with Crippen LogP contribution in [0.15, 0.2) is 18.2 Å². The number of halogens is 2. The smallest absolute Gasteiger partial charge is 0.138 e. The van der Waals surface area contributed by atoms with E-state index >= 15 is 0 Å². The van der Waals surface area contributed by atoms with Crippen molar-refractivity contribution in [3.63, 3.8) is 0 Å². The summed E-state index contributed by atoms with van der Waals surface area (Å²) in [6.07, 6.45) is -0.686. The molecule has 1 aromatic rings. The van der Waals surface area contributed by atoms with Gasteiger partial charge in [-0.15, -0.1) is 0 Å². The first-order valence-corrected chi connectivity index (χ1v) is 6.72. The normalized spacial score (nSPS) is 13.4. The molecule has 0 saturated carbocycles. The Morgan fingerprint density at radius 1 is 1.37 bits per heavy atom. The van der Waals surface area contributed by atoms with Crippen molar-refractivity contribution in [1.82, 2.24) is 5.32 Å². The van der Waals surface area contributed by atoms with Crippen LogP contribution in [0.25, 0.3) is 0 Å². The minimum absolute atomic E-state index is 0.111. The Morgan fingerprint density at radius 2 is 2.05 bits per heavy atom. The van der Waals surface area contributed by atoms with Crippen LogP contribution in [0.1, 0.15) is 13.8 Å². The number of ether oxygens (including phenoxy) is 1. The summed E-state index contributed by atoms with van der Waals surface area (Å²) in [7, 11) is 0. The molecule has 4 nitrogen and oxygen atoms in total. The Balaban J connectivity index is 2.32. The van der Waals surface area contributed by atoms with Crippen LogP contribution in [0, 0.1) is 0 Å². The van der Waals surface area contributed by atoms with Gasteiger partial charge in [-0.3, -0.25) is 0 Å². The number of hydrogen-bond donors (Lipinski definition) is 3. The maximum atomic E-state index is 9.71. The summed E-state index contributed by atoms with van der Waals surface area (Å²) in [4.78, 5) is 0. The van der Waals surface area contributed by atoms with Gasteiger partial charge in [0.15, 0.2) is 0 Å². The van der Waals surface area contributed by atoms with Crippen LogP contribution in [-0.2, 0) is 0 Å². The summed E-state index contributed by atoms with van der Waals surface area (Å²) in [5.41, 5.74) is -0.805. The third-order valence-electron chi connectivity index (χ3n) is 2.26. The molecule has 0 aliphatic heterocycles. The van der Waals surface area contributed by atoms with E-state index in [0.717, 1.165) is 0 Å². The molecule has 6 heteroatoms. The standard InChI is InChI=1S/C13H19Cl2NO3/c1-13(2,18)8-16-6-10(17)7-19-12-4-3-9(14)5-11(12)15/h3-5,10,16-18H,6-8H2,1-2H3. The van der Waals surface area contributed by atoms with E-state index in [4.69, 9.17) is 27.9 Å². The zero-order valence-corrected chi connectivity index (χ0v) is 12.5. The molecule has 0 heterocycles. The highest BCUT2D eigenvalue weighted by atomic mass is 35.5. The predicted octanol–water partition coefficient (Wildman–Crippen LogP) is 2.09. The third-order valence-corrected chi connectivity index (χ3v) is 2.79. The fourth-order valence-corrected chi connectivity index (χ4v) is 1.84. The molecule has 1 atom stereocenters. The lowest BCUT2D eigenvalue weighted by Gasteiger charge is -2.19. The minimum atomic E-state index is -0.805. The second-order valence-corrected chi connectivity index (χ2v) is 5.83. The molecule has 1 rings (SSSR count). The maximum Gasteiger partial charge on any atom is 0.138 e. The molecule has 0 spiro atoms. The number of rotatable bonds is 7. The van der Waals surface area contributed by atoms with Crippen LogP contribution >= 0.6 is 23.2 Å². The lowest BCUT2D eigenvalue weighted by molar-refractivity contribution is 0.0665. The zero-order chi connectivity index (χ0) is 14.5. The van der Waals surface area contributed by atoms with Gasteiger partial charge in [-0.25, -0.2) is 0 Å². The number of benzene rings is 1. The first-order valence-electron chi connectivity index (χ1n) is 5.97. The summed E-state index contributed by atoms with van der Waals surface area (Å²) in [5.74, 6) is 0.479. The fourth-order valence-electron chi connectivity index (χ4n) is 1.38. The lowest BCUT2D eigenvalue weighted by atomic mass is 10.1. The van der Waals surface area contributed by atoms with E-state index in [0.29, 0.717) is 28.9 Å². The average Bonchev–Trinajstić information content (AvgIpc) is 2.26. The van der Waals surface area contributed by atoms with Crippen LogP contribution < -0.4 is 10.1 Å². The molecular weight excluding hydrogens is 289 g/mol. The quantitative estimate of drug-likeness (QED) is 0.722. The first kappa shape index (κ1) is 16.5. The molecular formula is C13H19Cl2NO3. The number of aliphatic hydroxyl groups is 2. The highest BCUT2D eigenvalue weighted by Crippen LogP contribution is 2.27. The highest BCUT2D eigenvalue weighted by Gasteiger charge is 2.13. The minimum Gasteiger partial charge on any atom is -0.489 e. The molecule has 0 aromatic heterocycles. The summed E-state index contributed by atoms with van der Waals surface area (Å²) >= 11 is 11.7. The van der Waals surface area contributed by atoms with Crippen molar-refractivity contribution in [2.75, 3.05) is 19.7 Å². The van der Waals surface area contributed by atoms with Gasteiger partial charge in [-0.2, -0.15) is 0 Å². The van der Waals surface area contributed by atoms with Gasteiger partial charge in [-0.05, 0) is 32.0 Å². The zero-order valence-electron chi connectivity index (χ0n) is 11.0. The number of nitrogens with one attached hydrogen (secondary N) is 1. The van der Waals surface area contributed by atoms with E-state index in [2.05, 4.69) is 5.32 Å². The Bertz CT molecular complexity index is 407. The van der Waals surface area contributed by atoms with Gasteiger partial charge in [0.1, 0.15) is 18.5 Å². The van der Waals surface area contributed by atoms with Gasteiger partial charge in [0.2, 0.25) is 0 Å². The van der Waals surface area contributed by atoms with E-state index in [1.807, 2.05) is 0 Å².